The highest BCUT2D eigenvalue weighted by Gasteiger charge is 2.41. The Morgan fingerprint density at radius 1 is 1.12 bits per heavy atom. The molecule has 0 spiro atoms. The Hall–Kier alpha value is -2.98. The van der Waals surface area contributed by atoms with Gasteiger partial charge in [-0.15, -0.1) is 0 Å². The van der Waals surface area contributed by atoms with E-state index in [1.165, 1.54) is 0 Å². The molecule has 1 aliphatic heterocycles. The van der Waals surface area contributed by atoms with Gasteiger partial charge in [-0.2, -0.15) is 0 Å². The number of imide groups is 1. The largest absolute Gasteiger partial charge is 0.463 e. The molecule has 2 aromatic carbocycles. The second-order valence-corrected chi connectivity index (χ2v) is 11.3. The van der Waals surface area contributed by atoms with Gasteiger partial charge >= 0.3 is 6.09 Å². The van der Waals surface area contributed by atoms with Crippen LogP contribution in [0.3, 0.4) is 0 Å². The summed E-state index contributed by atoms with van der Waals surface area (Å²) >= 11 is 3.28. The number of aliphatic hydroxyl groups excluding tert-OH is 1. The monoisotopic (exact) mass is 627 g/mol. The van der Waals surface area contributed by atoms with Crippen LogP contribution < -0.4 is 0 Å². The zero-order valence-electron chi connectivity index (χ0n) is 23.5. The molecule has 4 rings (SSSR count). The summed E-state index contributed by atoms with van der Waals surface area (Å²) in [6.45, 7) is 5.33. The number of alkyl halides is 1. The van der Waals surface area contributed by atoms with Crippen LogP contribution in [0.1, 0.15) is 61.0 Å². The highest BCUT2D eigenvalue weighted by molar-refractivity contribution is 9.09. The smallest absolute Gasteiger partial charge is 0.417 e. The summed E-state index contributed by atoms with van der Waals surface area (Å²) < 4.78 is 23.0. The molecule has 4 atom stereocenters. The quantitative estimate of drug-likeness (QED) is 0.122. The third-order valence-corrected chi connectivity index (χ3v) is 7.82. The second-order valence-electron chi connectivity index (χ2n) is 10.2. The summed E-state index contributed by atoms with van der Waals surface area (Å²) in [5.41, 5.74) is 3.19. The van der Waals surface area contributed by atoms with E-state index >= 15 is 0 Å². The maximum atomic E-state index is 13.0. The Kier molecular flexibility index (Phi) is 11.6. The van der Waals surface area contributed by atoms with E-state index in [0.717, 1.165) is 40.2 Å². The average Bonchev–Trinajstić information content (AvgIpc) is 3.55. The molecular weight excluding hydrogens is 590 g/mol. The maximum Gasteiger partial charge on any atom is 0.417 e. The molecule has 9 heteroatoms. The lowest BCUT2D eigenvalue weighted by Gasteiger charge is -2.22. The fourth-order valence-corrected chi connectivity index (χ4v) is 5.16. The van der Waals surface area contributed by atoms with Gasteiger partial charge in [0, 0.05) is 19.4 Å². The van der Waals surface area contributed by atoms with Gasteiger partial charge in [0.25, 0.3) is 0 Å². The first-order valence-electron chi connectivity index (χ1n) is 14.1. The average molecular weight is 629 g/mol. The van der Waals surface area contributed by atoms with Crippen molar-refractivity contribution in [3.63, 3.8) is 0 Å². The number of benzene rings is 2. The number of aryl methyl sites for hydroxylation is 1. The molecule has 220 valence electrons. The minimum atomic E-state index is -1.22. The van der Waals surface area contributed by atoms with Gasteiger partial charge in [0.05, 0.1) is 25.2 Å². The Bertz CT molecular complexity index is 1250. The SMILES string of the molecule is CC[C@H](COCCCc1oc([C@@H](O)[C@H](C)C(=O)N2C(=O)OC[C@@H]2Br)cc1Cc1ccccc1)OCc1ccccc1. The molecule has 0 radical (unpaired) electrons. The Labute approximate surface area is 249 Å². The highest BCUT2D eigenvalue weighted by Crippen LogP contribution is 2.31. The van der Waals surface area contributed by atoms with E-state index in [-0.39, 0.29) is 12.7 Å². The van der Waals surface area contributed by atoms with Crippen molar-refractivity contribution >= 4 is 27.9 Å². The van der Waals surface area contributed by atoms with Crippen LogP contribution in [-0.4, -0.2) is 52.9 Å². The number of rotatable bonds is 15. The molecule has 1 saturated heterocycles. The topological polar surface area (TPSA) is 98.4 Å². The Balaban J connectivity index is 1.35. The second kappa shape index (κ2) is 15.3. The molecule has 1 fully saturated rings. The molecule has 1 aromatic heterocycles. The van der Waals surface area contributed by atoms with Crippen molar-refractivity contribution in [3.05, 3.63) is 94.9 Å². The molecule has 2 amide bonds. The van der Waals surface area contributed by atoms with Crippen molar-refractivity contribution < 1.29 is 33.3 Å². The molecule has 1 N–H and O–H groups in total. The van der Waals surface area contributed by atoms with E-state index < -0.39 is 29.0 Å². The summed E-state index contributed by atoms with van der Waals surface area (Å²) in [4.78, 5) is 25.4. The third kappa shape index (κ3) is 8.52. The van der Waals surface area contributed by atoms with Gasteiger partial charge in [0.2, 0.25) is 5.91 Å². The van der Waals surface area contributed by atoms with E-state index in [1.807, 2.05) is 66.7 Å². The van der Waals surface area contributed by atoms with E-state index in [1.54, 1.807) is 6.92 Å². The normalized spacial score (nSPS) is 17.3. The van der Waals surface area contributed by atoms with Crippen LogP contribution >= 0.6 is 15.9 Å². The van der Waals surface area contributed by atoms with Crippen LogP contribution in [0.5, 0.6) is 0 Å². The molecule has 8 nitrogen and oxygen atoms in total. The van der Waals surface area contributed by atoms with Crippen molar-refractivity contribution in [1.29, 1.82) is 0 Å². The molecule has 3 aromatic rings. The fourth-order valence-electron chi connectivity index (χ4n) is 4.66. The van der Waals surface area contributed by atoms with Crippen molar-refractivity contribution in [2.45, 2.75) is 63.3 Å². The number of hydrogen-bond donors (Lipinski definition) is 1. The molecule has 1 aliphatic rings. The van der Waals surface area contributed by atoms with Gasteiger partial charge in [-0.05, 0) is 35.6 Å². The summed E-state index contributed by atoms with van der Waals surface area (Å²) in [5.74, 6) is -0.392. The molecular formula is C32H38BrNO7. The van der Waals surface area contributed by atoms with Crippen LogP contribution in [0.2, 0.25) is 0 Å². The van der Waals surface area contributed by atoms with E-state index in [2.05, 4.69) is 22.9 Å². The predicted molar refractivity (Wildman–Crippen MR) is 157 cm³/mol. The van der Waals surface area contributed by atoms with E-state index in [4.69, 9.17) is 18.6 Å². The summed E-state index contributed by atoms with van der Waals surface area (Å²) in [5, 5.41) is 11.1. The lowest BCUT2D eigenvalue weighted by atomic mass is 9.99. The number of ether oxygens (including phenoxy) is 3. The Morgan fingerprint density at radius 3 is 2.44 bits per heavy atom. The minimum Gasteiger partial charge on any atom is -0.463 e. The summed E-state index contributed by atoms with van der Waals surface area (Å²) in [6, 6.07) is 21.9. The van der Waals surface area contributed by atoms with Gasteiger partial charge in [0.15, 0.2) is 0 Å². The van der Waals surface area contributed by atoms with Crippen LogP contribution in [0.25, 0.3) is 0 Å². The predicted octanol–water partition coefficient (Wildman–Crippen LogP) is 6.18. The van der Waals surface area contributed by atoms with Gasteiger partial charge in [-0.1, -0.05) is 90.4 Å². The van der Waals surface area contributed by atoms with E-state index in [9.17, 15) is 14.7 Å². The maximum absolute atomic E-state index is 13.0. The fraction of sp³-hybridized carbons (Fsp3) is 0.438. The van der Waals surface area contributed by atoms with Crippen molar-refractivity contribution in [2.24, 2.45) is 5.92 Å². The molecule has 0 aliphatic carbocycles. The zero-order valence-corrected chi connectivity index (χ0v) is 25.1. The number of carbonyl (C=O) groups is 2. The van der Waals surface area contributed by atoms with Crippen molar-refractivity contribution in [1.82, 2.24) is 4.90 Å². The summed E-state index contributed by atoms with van der Waals surface area (Å²) in [7, 11) is 0. The first-order valence-corrected chi connectivity index (χ1v) is 15.0. The van der Waals surface area contributed by atoms with Crippen molar-refractivity contribution in [3.8, 4) is 0 Å². The molecule has 0 saturated carbocycles. The first kappa shape index (κ1) is 31.0. The summed E-state index contributed by atoms with van der Waals surface area (Å²) in [6.07, 6.45) is 0.886. The molecule has 41 heavy (non-hydrogen) atoms. The van der Waals surface area contributed by atoms with Crippen LogP contribution in [0.15, 0.2) is 71.1 Å². The number of nitrogens with zero attached hydrogens (tertiary/aromatic N) is 1. The number of amides is 2. The number of halogens is 1. The number of hydrogen-bond acceptors (Lipinski definition) is 7. The zero-order chi connectivity index (χ0) is 29.2. The lowest BCUT2D eigenvalue weighted by Crippen LogP contribution is -2.41. The molecule has 2 heterocycles. The highest BCUT2D eigenvalue weighted by atomic mass is 79.9. The van der Waals surface area contributed by atoms with Crippen molar-refractivity contribution in [2.75, 3.05) is 19.8 Å². The number of aliphatic hydroxyl groups is 1. The van der Waals surface area contributed by atoms with E-state index in [0.29, 0.717) is 38.4 Å². The first-order chi connectivity index (χ1) is 19.9. The standard InChI is InChI=1S/C32H38BrNO7/c1-3-26(39-19-24-13-8-5-9-14-24)20-38-16-10-15-27-25(17-23-11-6-4-7-12-23)18-28(41-27)30(35)22(2)31(36)34-29(33)21-40-32(34)37/h4-9,11-14,18,22,26,29-30,35H,3,10,15-17,19-21H2,1-2H3/t22-,26+,29+,30-/m0/s1. The Morgan fingerprint density at radius 2 is 1.80 bits per heavy atom. The van der Waals surface area contributed by atoms with Crippen LogP contribution in [0.4, 0.5) is 4.79 Å². The van der Waals surface area contributed by atoms with Crippen LogP contribution in [0, 0.1) is 5.92 Å². The van der Waals surface area contributed by atoms with Crippen LogP contribution in [-0.2, 0) is 38.5 Å². The number of cyclic esters (lactones) is 1. The third-order valence-electron chi connectivity index (χ3n) is 7.15. The van der Waals surface area contributed by atoms with Gasteiger partial charge < -0.3 is 23.7 Å². The number of furan rings is 1. The van der Waals surface area contributed by atoms with Gasteiger partial charge in [-0.25, -0.2) is 9.69 Å². The minimum absolute atomic E-state index is 0.0141. The lowest BCUT2D eigenvalue weighted by molar-refractivity contribution is -0.135. The molecule has 0 bridgehead atoms. The van der Waals surface area contributed by atoms with Gasteiger partial charge in [0.1, 0.15) is 29.2 Å². The van der Waals surface area contributed by atoms with Gasteiger partial charge in [-0.3, -0.25) is 4.79 Å². The number of carbonyl (C=O) groups excluding carboxylic acids is 2. The molecule has 0 unspecified atom stereocenters.